The number of amides is 2. The summed E-state index contributed by atoms with van der Waals surface area (Å²) in [5.41, 5.74) is 3.60. The van der Waals surface area contributed by atoms with Gasteiger partial charge in [0.15, 0.2) is 6.17 Å². The molecule has 0 spiro atoms. The lowest BCUT2D eigenvalue weighted by molar-refractivity contribution is -0.124. The number of carbonyl (C=O) groups excluding carboxylic acids is 2. The van der Waals surface area contributed by atoms with Gasteiger partial charge in [-0.2, -0.15) is 5.11 Å². The minimum Gasteiger partial charge on any atom is -0.489 e. The number of nitrogens with one attached hydrogen (secondary N) is 1. The molecule has 0 saturated carbocycles. The van der Waals surface area contributed by atoms with Gasteiger partial charge in [0.1, 0.15) is 18.4 Å². The number of hydrogen-bond acceptors (Lipinski definition) is 9. The van der Waals surface area contributed by atoms with Crippen LogP contribution in [0.4, 0.5) is 11.4 Å². The first-order chi connectivity index (χ1) is 20.9. The van der Waals surface area contributed by atoms with E-state index in [2.05, 4.69) is 35.3 Å². The average molecular weight is 622 g/mol. The summed E-state index contributed by atoms with van der Waals surface area (Å²) in [5, 5.41) is 11.7. The Kier molecular flexibility index (Phi) is 8.55. The van der Waals surface area contributed by atoms with Gasteiger partial charge < -0.3 is 19.9 Å². The number of halogens is 2. The zero-order chi connectivity index (χ0) is 29.9. The lowest BCUT2D eigenvalue weighted by Crippen LogP contribution is -2.50. The zero-order valence-corrected chi connectivity index (χ0v) is 25.0. The normalized spacial score (nSPS) is 20.3. The molecule has 0 radical (unpaired) electrons. The quantitative estimate of drug-likeness (QED) is 0.427. The fourth-order valence-electron chi connectivity index (χ4n) is 5.36. The minimum absolute atomic E-state index is 0.0265. The van der Waals surface area contributed by atoms with Crippen molar-refractivity contribution in [3.05, 3.63) is 82.1 Å². The Morgan fingerprint density at radius 2 is 1.79 bits per heavy atom. The number of pyridine rings is 1. The molecule has 1 saturated heterocycles. The number of aromatic nitrogens is 1. The van der Waals surface area contributed by atoms with Gasteiger partial charge in [-0.15, -0.1) is 5.11 Å². The summed E-state index contributed by atoms with van der Waals surface area (Å²) in [4.78, 5) is 41.1. The van der Waals surface area contributed by atoms with Crippen LogP contribution in [-0.4, -0.2) is 79.6 Å². The second-order valence-electron chi connectivity index (χ2n) is 10.6. The van der Waals surface area contributed by atoms with E-state index in [4.69, 9.17) is 27.9 Å². The predicted molar refractivity (Wildman–Crippen MR) is 165 cm³/mol. The first kappa shape index (κ1) is 29.0. The molecule has 11 nitrogen and oxygen atoms in total. The Labute approximate surface area is 259 Å². The van der Waals surface area contributed by atoms with Gasteiger partial charge in [-0.1, -0.05) is 35.3 Å². The molecule has 1 aromatic heterocycles. The van der Waals surface area contributed by atoms with Gasteiger partial charge in [0.25, 0.3) is 11.8 Å². The van der Waals surface area contributed by atoms with Gasteiger partial charge in [0.05, 0.1) is 5.69 Å². The van der Waals surface area contributed by atoms with Crippen LogP contribution in [0.15, 0.2) is 76.1 Å². The number of fused-ring (bicyclic) bond motifs is 1. The highest BCUT2D eigenvalue weighted by atomic mass is 35.5. The van der Waals surface area contributed by atoms with Crippen molar-refractivity contribution in [1.29, 1.82) is 0 Å². The number of anilines is 2. The van der Waals surface area contributed by atoms with E-state index in [0.29, 0.717) is 33.5 Å². The second kappa shape index (κ2) is 12.7. The topological polar surface area (TPSA) is 115 Å². The van der Waals surface area contributed by atoms with Crippen molar-refractivity contribution in [1.82, 2.24) is 15.2 Å². The Morgan fingerprint density at radius 3 is 2.53 bits per heavy atom. The van der Waals surface area contributed by atoms with Gasteiger partial charge in [-0.3, -0.25) is 19.5 Å². The molecule has 2 atom stereocenters. The Balaban J connectivity index is 1.06. The SMILES string of the molecule is CN1C(=O)[C@@H](NC(=O)C2=NC(Cc3c(Cl)cccc3Cl)N=N2)COc2ccc(CN3CCN(c4ccncc4)CC3)cc21. The second-order valence-corrected chi connectivity index (χ2v) is 11.4. The largest absolute Gasteiger partial charge is 0.489 e. The highest BCUT2D eigenvalue weighted by Gasteiger charge is 2.33. The molecular weight excluding hydrogens is 591 g/mol. The van der Waals surface area contributed by atoms with Crippen molar-refractivity contribution in [2.24, 2.45) is 15.2 Å². The molecule has 1 fully saturated rings. The number of aliphatic imine (C=N–C) groups is 1. The Hall–Kier alpha value is -4.06. The van der Waals surface area contributed by atoms with Crippen LogP contribution >= 0.6 is 23.2 Å². The Morgan fingerprint density at radius 1 is 1.05 bits per heavy atom. The number of azo groups is 1. The molecule has 6 rings (SSSR count). The molecule has 3 aromatic rings. The molecule has 4 heterocycles. The first-order valence-corrected chi connectivity index (χ1v) is 14.7. The van der Waals surface area contributed by atoms with E-state index < -0.39 is 18.1 Å². The predicted octanol–water partition coefficient (Wildman–Crippen LogP) is 3.98. The summed E-state index contributed by atoms with van der Waals surface area (Å²) in [5.74, 6) is -0.445. The number of piperazine rings is 1. The third-order valence-electron chi connectivity index (χ3n) is 7.74. The van der Waals surface area contributed by atoms with Gasteiger partial charge >= 0.3 is 0 Å². The fraction of sp³-hybridized carbons (Fsp3) is 0.333. The number of hydrogen-bond donors (Lipinski definition) is 1. The molecule has 0 bridgehead atoms. The van der Waals surface area contributed by atoms with Crippen LogP contribution in [0.1, 0.15) is 11.1 Å². The van der Waals surface area contributed by atoms with Crippen molar-refractivity contribution in [3.63, 3.8) is 0 Å². The van der Waals surface area contributed by atoms with E-state index >= 15 is 0 Å². The molecule has 1 unspecified atom stereocenters. The summed E-state index contributed by atoms with van der Waals surface area (Å²) >= 11 is 12.5. The molecule has 1 N–H and O–H groups in total. The van der Waals surface area contributed by atoms with E-state index in [1.54, 1.807) is 25.2 Å². The molecular formula is C30H30Cl2N8O3. The van der Waals surface area contributed by atoms with Crippen LogP contribution in [0.3, 0.4) is 0 Å². The number of ether oxygens (including phenoxy) is 1. The zero-order valence-electron chi connectivity index (χ0n) is 23.5. The number of nitrogens with zero attached hydrogens (tertiary/aromatic N) is 7. The minimum atomic E-state index is -0.926. The van der Waals surface area contributed by atoms with Crippen LogP contribution in [-0.2, 0) is 22.6 Å². The lowest BCUT2D eigenvalue weighted by Gasteiger charge is -2.36. The van der Waals surface area contributed by atoms with Crippen LogP contribution in [0.2, 0.25) is 10.0 Å². The molecule has 222 valence electrons. The fourth-order valence-corrected chi connectivity index (χ4v) is 5.91. The van der Waals surface area contributed by atoms with E-state index in [1.807, 2.05) is 42.7 Å². The molecule has 3 aliphatic heterocycles. The van der Waals surface area contributed by atoms with E-state index in [1.165, 1.54) is 10.6 Å². The maximum Gasteiger partial charge on any atom is 0.291 e. The summed E-state index contributed by atoms with van der Waals surface area (Å²) in [6, 6.07) is 14.2. The van der Waals surface area contributed by atoms with E-state index in [0.717, 1.165) is 38.3 Å². The smallest absolute Gasteiger partial charge is 0.291 e. The van der Waals surface area contributed by atoms with Crippen LogP contribution in [0, 0.1) is 0 Å². The van der Waals surface area contributed by atoms with Crippen molar-refractivity contribution in [2.75, 3.05) is 49.6 Å². The number of likely N-dealkylation sites (N-methyl/N-ethyl adjacent to an activating group) is 1. The van der Waals surface area contributed by atoms with Crippen molar-refractivity contribution in [3.8, 4) is 5.75 Å². The van der Waals surface area contributed by atoms with Crippen molar-refractivity contribution >= 4 is 52.2 Å². The number of carbonyl (C=O) groups is 2. The van der Waals surface area contributed by atoms with E-state index in [-0.39, 0.29) is 18.3 Å². The van der Waals surface area contributed by atoms with Crippen LogP contribution < -0.4 is 19.9 Å². The number of benzene rings is 2. The molecule has 43 heavy (non-hydrogen) atoms. The number of rotatable bonds is 7. The molecule has 13 heteroatoms. The van der Waals surface area contributed by atoms with Crippen LogP contribution in [0.5, 0.6) is 5.75 Å². The third-order valence-corrected chi connectivity index (χ3v) is 8.45. The molecule has 0 aliphatic carbocycles. The van der Waals surface area contributed by atoms with Gasteiger partial charge in [-0.25, -0.2) is 4.99 Å². The van der Waals surface area contributed by atoms with Gasteiger partial charge in [0, 0.05) is 74.3 Å². The summed E-state index contributed by atoms with van der Waals surface area (Å²) < 4.78 is 5.97. The van der Waals surface area contributed by atoms with E-state index in [9.17, 15) is 9.59 Å². The summed E-state index contributed by atoms with van der Waals surface area (Å²) in [7, 11) is 1.68. The third kappa shape index (κ3) is 6.48. The summed E-state index contributed by atoms with van der Waals surface area (Å²) in [6.45, 7) is 4.43. The highest BCUT2D eigenvalue weighted by molar-refractivity contribution is 6.39. The molecule has 2 aromatic carbocycles. The molecule has 3 aliphatic rings. The highest BCUT2D eigenvalue weighted by Crippen LogP contribution is 2.32. The van der Waals surface area contributed by atoms with Crippen molar-refractivity contribution < 1.29 is 14.3 Å². The monoisotopic (exact) mass is 620 g/mol. The lowest BCUT2D eigenvalue weighted by atomic mass is 10.1. The maximum absolute atomic E-state index is 13.4. The molecule has 2 amide bonds. The van der Waals surface area contributed by atoms with Gasteiger partial charge in [-0.05, 0) is 47.5 Å². The van der Waals surface area contributed by atoms with Crippen molar-refractivity contribution in [2.45, 2.75) is 25.2 Å². The van der Waals surface area contributed by atoms with Gasteiger partial charge in [0.2, 0.25) is 5.84 Å². The number of amidine groups is 1. The summed E-state index contributed by atoms with van der Waals surface area (Å²) in [6.07, 6.45) is 3.29. The van der Waals surface area contributed by atoms with Crippen LogP contribution in [0.25, 0.3) is 0 Å². The Bertz CT molecular complexity index is 1560. The maximum atomic E-state index is 13.4. The average Bonchev–Trinajstić information content (AvgIpc) is 3.46. The first-order valence-electron chi connectivity index (χ1n) is 14.0. The standard InChI is InChI=1S/C30H30Cl2N8O3/c1-38-25-15-19(17-39-11-13-40(14-12-39)20-7-9-33-10-8-20)5-6-26(25)43-18-24(30(38)42)34-29(41)28-35-27(36-37-28)16-21-22(31)3-2-4-23(21)32/h2-10,15,24,27H,11-14,16-18H2,1H3,(H,34,41)/t24-,27?/m0/s1.